The van der Waals surface area contributed by atoms with Gasteiger partial charge in [-0.15, -0.1) is 0 Å². The standard InChI is InChI=1S/C13H13N3O3.CH4O3S/c1-18-9-4-2-3-8(7-9)10-5-6-11(19-10)12(17)16-13(14)15;1-5(2,3)4/h2-7H,1H3,(H4,14,15,16,17);1H3,(H,2,3,4). The van der Waals surface area contributed by atoms with E-state index in [1.54, 1.807) is 19.2 Å². The maximum atomic E-state index is 11.6. The molecule has 24 heavy (non-hydrogen) atoms. The Kier molecular flexibility index (Phi) is 6.50. The van der Waals surface area contributed by atoms with Crippen molar-refractivity contribution in [1.29, 1.82) is 5.41 Å². The molecule has 1 amide bonds. The van der Waals surface area contributed by atoms with Crippen LogP contribution in [-0.4, -0.2) is 38.2 Å². The molecular weight excluding hydrogens is 338 g/mol. The van der Waals surface area contributed by atoms with E-state index < -0.39 is 22.0 Å². The van der Waals surface area contributed by atoms with Crippen LogP contribution >= 0.6 is 0 Å². The Bertz CT molecular complexity index is 821. The van der Waals surface area contributed by atoms with Gasteiger partial charge in [0.1, 0.15) is 11.5 Å². The second-order valence-electron chi connectivity index (χ2n) is 4.50. The predicted octanol–water partition coefficient (Wildman–Crippen LogP) is 1.08. The molecular formula is C14H17N3O6S. The first-order chi connectivity index (χ1) is 11.1. The van der Waals surface area contributed by atoms with Crippen molar-refractivity contribution in [2.45, 2.75) is 0 Å². The van der Waals surface area contributed by atoms with Gasteiger partial charge < -0.3 is 14.9 Å². The summed E-state index contributed by atoms with van der Waals surface area (Å²) in [5.41, 5.74) is 5.87. The fourth-order valence-electron chi connectivity index (χ4n) is 1.58. The van der Waals surface area contributed by atoms with E-state index in [0.29, 0.717) is 17.8 Å². The predicted molar refractivity (Wildman–Crippen MR) is 87.5 cm³/mol. The van der Waals surface area contributed by atoms with Crippen LogP contribution in [0.25, 0.3) is 11.3 Å². The zero-order valence-electron chi connectivity index (χ0n) is 12.9. The van der Waals surface area contributed by atoms with Crippen LogP contribution in [0.5, 0.6) is 5.75 Å². The minimum absolute atomic E-state index is 0.0908. The van der Waals surface area contributed by atoms with Crippen LogP contribution in [0.2, 0.25) is 0 Å². The van der Waals surface area contributed by atoms with Crippen LogP contribution in [0.15, 0.2) is 40.8 Å². The molecule has 0 spiro atoms. The average Bonchev–Trinajstić information content (AvgIpc) is 2.95. The Balaban J connectivity index is 0.000000505. The molecule has 0 saturated carbocycles. The van der Waals surface area contributed by atoms with Gasteiger partial charge in [-0.3, -0.25) is 20.1 Å². The first kappa shape index (κ1) is 19.2. The summed E-state index contributed by atoms with van der Waals surface area (Å²) in [5, 5.41) is 9.14. The number of furan rings is 1. The summed E-state index contributed by atoms with van der Waals surface area (Å²) in [6, 6.07) is 10.5. The molecule has 0 saturated heterocycles. The number of nitrogens with one attached hydrogen (secondary N) is 2. The van der Waals surface area contributed by atoms with E-state index in [0.717, 1.165) is 5.56 Å². The monoisotopic (exact) mass is 355 g/mol. The number of carbonyl (C=O) groups is 1. The number of hydrogen-bond acceptors (Lipinski definition) is 6. The van der Waals surface area contributed by atoms with Gasteiger partial charge in [-0.2, -0.15) is 8.42 Å². The van der Waals surface area contributed by atoms with Crippen molar-refractivity contribution in [3.63, 3.8) is 0 Å². The molecule has 1 heterocycles. The lowest BCUT2D eigenvalue weighted by Crippen LogP contribution is -2.35. The van der Waals surface area contributed by atoms with Crippen LogP contribution in [0.3, 0.4) is 0 Å². The fourth-order valence-corrected chi connectivity index (χ4v) is 1.58. The van der Waals surface area contributed by atoms with Crippen molar-refractivity contribution in [2.75, 3.05) is 13.4 Å². The molecule has 0 aliphatic carbocycles. The number of benzene rings is 1. The molecule has 0 fully saturated rings. The van der Waals surface area contributed by atoms with Gasteiger partial charge in [0.2, 0.25) is 0 Å². The highest BCUT2D eigenvalue weighted by molar-refractivity contribution is 7.85. The fraction of sp³-hybridized carbons (Fsp3) is 0.143. The highest BCUT2D eigenvalue weighted by Crippen LogP contribution is 2.25. The number of rotatable bonds is 3. The van der Waals surface area contributed by atoms with Gasteiger partial charge in [0, 0.05) is 5.56 Å². The Labute approximate surface area is 138 Å². The molecule has 10 heteroatoms. The van der Waals surface area contributed by atoms with E-state index in [1.807, 2.05) is 18.2 Å². The normalized spacial score (nSPS) is 10.3. The Morgan fingerprint density at radius 1 is 1.33 bits per heavy atom. The summed E-state index contributed by atoms with van der Waals surface area (Å²) in [7, 11) is -2.09. The second kappa shape index (κ2) is 8.13. The second-order valence-corrected chi connectivity index (χ2v) is 5.96. The van der Waals surface area contributed by atoms with Crippen molar-refractivity contribution in [3.8, 4) is 17.1 Å². The molecule has 130 valence electrons. The quantitative estimate of drug-likeness (QED) is 0.364. The van der Waals surface area contributed by atoms with E-state index in [2.05, 4.69) is 5.32 Å². The zero-order chi connectivity index (χ0) is 18.3. The molecule has 0 aliphatic rings. The molecule has 0 bridgehead atoms. The first-order valence-electron chi connectivity index (χ1n) is 6.42. The summed E-state index contributed by atoms with van der Waals surface area (Å²) in [5.74, 6) is 0.343. The van der Waals surface area contributed by atoms with Crippen molar-refractivity contribution in [2.24, 2.45) is 5.73 Å². The number of guanidine groups is 1. The van der Waals surface area contributed by atoms with Gasteiger partial charge in [-0.1, -0.05) is 12.1 Å². The minimum Gasteiger partial charge on any atom is -0.497 e. The third-order valence-corrected chi connectivity index (χ3v) is 2.43. The molecule has 0 atom stereocenters. The van der Waals surface area contributed by atoms with Gasteiger partial charge in [0.15, 0.2) is 11.7 Å². The molecule has 1 aromatic carbocycles. The molecule has 2 rings (SSSR count). The van der Waals surface area contributed by atoms with Crippen LogP contribution in [-0.2, 0) is 10.1 Å². The van der Waals surface area contributed by atoms with Crippen molar-refractivity contribution < 1.29 is 26.9 Å². The number of hydrogen-bond donors (Lipinski definition) is 4. The topological polar surface area (TPSA) is 156 Å². The third-order valence-electron chi connectivity index (χ3n) is 2.43. The van der Waals surface area contributed by atoms with E-state index >= 15 is 0 Å². The number of nitrogens with two attached hydrogens (primary N) is 1. The summed E-state index contributed by atoms with van der Waals surface area (Å²) in [4.78, 5) is 11.6. The molecule has 5 N–H and O–H groups in total. The van der Waals surface area contributed by atoms with Crippen LogP contribution in [0.4, 0.5) is 0 Å². The number of methoxy groups -OCH3 is 1. The van der Waals surface area contributed by atoms with Gasteiger partial charge in [-0.05, 0) is 24.3 Å². The number of carbonyl (C=O) groups excluding carboxylic acids is 1. The molecule has 1 aromatic heterocycles. The Hall–Kier alpha value is -2.85. The van der Waals surface area contributed by atoms with Crippen LogP contribution in [0, 0.1) is 5.41 Å². The van der Waals surface area contributed by atoms with E-state index in [4.69, 9.17) is 24.8 Å². The Morgan fingerprint density at radius 3 is 2.50 bits per heavy atom. The van der Waals surface area contributed by atoms with Gasteiger partial charge >= 0.3 is 0 Å². The largest absolute Gasteiger partial charge is 0.497 e. The molecule has 9 nitrogen and oxygen atoms in total. The SMILES string of the molecule is COc1cccc(-c2ccc(C(=O)NC(=N)N)o2)c1.CS(=O)(=O)O. The highest BCUT2D eigenvalue weighted by atomic mass is 32.2. The summed E-state index contributed by atoms with van der Waals surface area (Å²) in [6.45, 7) is 0. The van der Waals surface area contributed by atoms with Crippen molar-refractivity contribution >= 4 is 22.0 Å². The van der Waals surface area contributed by atoms with Crippen molar-refractivity contribution in [3.05, 3.63) is 42.2 Å². The Morgan fingerprint density at radius 2 is 1.96 bits per heavy atom. The first-order valence-corrected chi connectivity index (χ1v) is 8.27. The summed E-state index contributed by atoms with van der Waals surface area (Å²) >= 11 is 0. The third kappa shape index (κ3) is 6.94. The molecule has 0 radical (unpaired) electrons. The van der Waals surface area contributed by atoms with Gasteiger partial charge in [-0.25, -0.2) is 0 Å². The van der Waals surface area contributed by atoms with Crippen molar-refractivity contribution in [1.82, 2.24) is 5.32 Å². The lowest BCUT2D eigenvalue weighted by molar-refractivity contribution is 0.0950. The lowest BCUT2D eigenvalue weighted by Gasteiger charge is -2.02. The molecule has 2 aromatic rings. The van der Waals surface area contributed by atoms with E-state index in [1.165, 1.54) is 6.07 Å². The minimum atomic E-state index is -3.67. The smallest absolute Gasteiger partial charge is 0.293 e. The molecule has 0 aliphatic heterocycles. The highest BCUT2D eigenvalue weighted by Gasteiger charge is 2.12. The van der Waals surface area contributed by atoms with Gasteiger partial charge in [0.25, 0.3) is 16.0 Å². The summed E-state index contributed by atoms with van der Waals surface area (Å²) in [6.07, 6.45) is 0.715. The van der Waals surface area contributed by atoms with Crippen LogP contribution in [0.1, 0.15) is 10.6 Å². The lowest BCUT2D eigenvalue weighted by atomic mass is 10.2. The van der Waals surface area contributed by atoms with E-state index in [9.17, 15) is 13.2 Å². The summed E-state index contributed by atoms with van der Waals surface area (Å²) < 4.78 is 36.4. The average molecular weight is 355 g/mol. The van der Waals surface area contributed by atoms with Gasteiger partial charge in [0.05, 0.1) is 13.4 Å². The molecule has 0 unspecified atom stereocenters. The number of amides is 1. The maximum absolute atomic E-state index is 11.6. The zero-order valence-corrected chi connectivity index (χ0v) is 13.8. The number of ether oxygens (including phenoxy) is 1. The maximum Gasteiger partial charge on any atom is 0.293 e. The van der Waals surface area contributed by atoms with Crippen LogP contribution < -0.4 is 15.8 Å². The van der Waals surface area contributed by atoms with E-state index in [-0.39, 0.29) is 5.76 Å².